The zero-order valence-electron chi connectivity index (χ0n) is 7.11. The molecule has 0 fully saturated rings. The maximum atomic E-state index is 8.49. The Hall–Kier alpha value is -1.69. The first kappa shape index (κ1) is 8.41. The second kappa shape index (κ2) is 3.63. The lowest BCUT2D eigenvalue weighted by Crippen LogP contribution is -2.08. The lowest BCUT2D eigenvalue weighted by atomic mass is 10.3. The molecule has 0 saturated carbocycles. The van der Waals surface area contributed by atoms with Gasteiger partial charge in [0.25, 0.3) is 0 Å². The summed E-state index contributed by atoms with van der Waals surface area (Å²) in [6.45, 7) is 0. The standard InChI is InChI=1S/C9H10N2O/c1-11(2)8(5-6-10)9-4-3-7-12-9/h3-5,7H,1-2H3/b8-5+. The van der Waals surface area contributed by atoms with Crippen molar-refractivity contribution in [2.75, 3.05) is 14.1 Å². The van der Waals surface area contributed by atoms with Crippen LogP contribution in [0.5, 0.6) is 0 Å². The minimum Gasteiger partial charge on any atom is -0.463 e. The second-order valence-corrected chi connectivity index (χ2v) is 2.53. The number of hydrogen-bond acceptors (Lipinski definition) is 3. The lowest BCUT2D eigenvalue weighted by Gasteiger charge is -2.12. The molecule has 0 unspecified atom stereocenters. The molecule has 0 aromatic carbocycles. The highest BCUT2D eigenvalue weighted by atomic mass is 16.3. The maximum absolute atomic E-state index is 8.49. The molecule has 0 saturated heterocycles. The van der Waals surface area contributed by atoms with Crippen molar-refractivity contribution in [2.24, 2.45) is 0 Å². The van der Waals surface area contributed by atoms with Gasteiger partial charge in [-0.1, -0.05) is 0 Å². The predicted molar refractivity (Wildman–Crippen MR) is 46.0 cm³/mol. The first-order chi connectivity index (χ1) is 5.75. The molecule has 0 aliphatic carbocycles. The zero-order chi connectivity index (χ0) is 8.97. The van der Waals surface area contributed by atoms with Gasteiger partial charge in [-0.3, -0.25) is 0 Å². The highest BCUT2D eigenvalue weighted by Crippen LogP contribution is 2.15. The van der Waals surface area contributed by atoms with Crippen LogP contribution in [0, 0.1) is 11.3 Å². The van der Waals surface area contributed by atoms with E-state index in [0.29, 0.717) is 5.76 Å². The van der Waals surface area contributed by atoms with E-state index in [-0.39, 0.29) is 0 Å². The minimum absolute atomic E-state index is 0.710. The van der Waals surface area contributed by atoms with E-state index in [0.717, 1.165) is 5.70 Å². The van der Waals surface area contributed by atoms with E-state index < -0.39 is 0 Å². The Kier molecular flexibility index (Phi) is 2.54. The van der Waals surface area contributed by atoms with Gasteiger partial charge >= 0.3 is 0 Å². The molecule has 0 bridgehead atoms. The van der Waals surface area contributed by atoms with Crippen LogP contribution >= 0.6 is 0 Å². The van der Waals surface area contributed by atoms with Gasteiger partial charge in [-0.05, 0) is 12.1 Å². The summed E-state index contributed by atoms with van der Waals surface area (Å²) in [4.78, 5) is 1.84. The average molecular weight is 162 g/mol. The van der Waals surface area contributed by atoms with Gasteiger partial charge in [-0.2, -0.15) is 5.26 Å². The van der Waals surface area contributed by atoms with Crippen molar-refractivity contribution < 1.29 is 4.42 Å². The summed E-state index contributed by atoms with van der Waals surface area (Å²) in [5, 5.41) is 8.49. The quantitative estimate of drug-likeness (QED) is 0.621. The van der Waals surface area contributed by atoms with Gasteiger partial charge in [0.1, 0.15) is 0 Å². The van der Waals surface area contributed by atoms with Crippen LogP contribution in [0.2, 0.25) is 0 Å². The summed E-state index contributed by atoms with van der Waals surface area (Å²) in [5.41, 5.74) is 0.780. The first-order valence-electron chi connectivity index (χ1n) is 3.56. The maximum Gasteiger partial charge on any atom is 0.150 e. The Labute approximate surface area is 71.5 Å². The fourth-order valence-electron chi connectivity index (χ4n) is 0.906. The zero-order valence-corrected chi connectivity index (χ0v) is 7.11. The number of nitrogens with zero attached hydrogens (tertiary/aromatic N) is 2. The van der Waals surface area contributed by atoms with Crippen LogP contribution in [0.15, 0.2) is 28.9 Å². The van der Waals surface area contributed by atoms with Gasteiger partial charge in [-0.15, -0.1) is 0 Å². The smallest absolute Gasteiger partial charge is 0.150 e. The van der Waals surface area contributed by atoms with Crippen LogP contribution in [0.4, 0.5) is 0 Å². The molecule has 1 heterocycles. The summed E-state index contributed by atoms with van der Waals surface area (Å²) < 4.78 is 5.15. The van der Waals surface area contributed by atoms with Crippen LogP contribution in [-0.4, -0.2) is 19.0 Å². The Bertz CT molecular complexity index is 304. The van der Waals surface area contributed by atoms with E-state index in [4.69, 9.17) is 9.68 Å². The van der Waals surface area contributed by atoms with Crippen LogP contribution in [-0.2, 0) is 0 Å². The van der Waals surface area contributed by atoms with Crippen molar-refractivity contribution in [2.45, 2.75) is 0 Å². The topological polar surface area (TPSA) is 40.2 Å². The van der Waals surface area contributed by atoms with Gasteiger partial charge in [0, 0.05) is 20.2 Å². The fourth-order valence-corrected chi connectivity index (χ4v) is 0.906. The molecule has 0 amide bonds. The third-order valence-corrected chi connectivity index (χ3v) is 1.46. The summed E-state index contributed by atoms with van der Waals surface area (Å²) in [6.07, 6.45) is 3.04. The van der Waals surface area contributed by atoms with Crippen molar-refractivity contribution in [3.8, 4) is 6.07 Å². The third-order valence-electron chi connectivity index (χ3n) is 1.46. The van der Waals surface area contributed by atoms with Crippen molar-refractivity contribution >= 4 is 5.70 Å². The molecular formula is C9H10N2O. The molecule has 0 radical (unpaired) electrons. The number of allylic oxidation sites excluding steroid dienone is 1. The third kappa shape index (κ3) is 1.67. The highest BCUT2D eigenvalue weighted by molar-refractivity contribution is 5.61. The van der Waals surface area contributed by atoms with Gasteiger partial charge in [0.2, 0.25) is 0 Å². The van der Waals surface area contributed by atoms with Crippen molar-refractivity contribution in [3.63, 3.8) is 0 Å². The van der Waals surface area contributed by atoms with Gasteiger partial charge in [-0.25, -0.2) is 0 Å². The van der Waals surface area contributed by atoms with Gasteiger partial charge in [0.05, 0.1) is 18.0 Å². The molecular weight excluding hydrogens is 152 g/mol. The van der Waals surface area contributed by atoms with E-state index >= 15 is 0 Å². The van der Waals surface area contributed by atoms with Gasteiger partial charge < -0.3 is 9.32 Å². The van der Waals surface area contributed by atoms with Crippen LogP contribution in [0.3, 0.4) is 0 Å². The summed E-state index contributed by atoms with van der Waals surface area (Å²) in [5.74, 6) is 0.710. The number of nitriles is 1. The van der Waals surface area contributed by atoms with Crippen LogP contribution in [0.1, 0.15) is 5.76 Å². The Balaban J connectivity index is 2.98. The Morgan fingerprint density at radius 2 is 2.42 bits per heavy atom. The van der Waals surface area contributed by atoms with Gasteiger partial charge in [0.15, 0.2) is 5.76 Å². The molecule has 0 spiro atoms. The average Bonchev–Trinajstić information content (AvgIpc) is 2.51. The Morgan fingerprint density at radius 3 is 2.83 bits per heavy atom. The van der Waals surface area contributed by atoms with Crippen molar-refractivity contribution in [1.82, 2.24) is 4.90 Å². The second-order valence-electron chi connectivity index (χ2n) is 2.53. The molecule has 0 N–H and O–H groups in total. The molecule has 3 heteroatoms. The van der Waals surface area contributed by atoms with E-state index in [1.54, 1.807) is 12.3 Å². The molecule has 0 aliphatic rings. The van der Waals surface area contributed by atoms with E-state index in [1.165, 1.54) is 6.08 Å². The highest BCUT2D eigenvalue weighted by Gasteiger charge is 2.05. The summed E-state index contributed by atoms with van der Waals surface area (Å²) in [6, 6.07) is 5.59. The molecule has 0 aliphatic heterocycles. The number of hydrogen-bond donors (Lipinski definition) is 0. The molecule has 62 valence electrons. The van der Waals surface area contributed by atoms with Crippen LogP contribution < -0.4 is 0 Å². The molecule has 1 aromatic heterocycles. The monoisotopic (exact) mass is 162 g/mol. The fraction of sp³-hybridized carbons (Fsp3) is 0.222. The SMILES string of the molecule is CN(C)/C(=C/C#N)c1ccco1. The summed E-state index contributed by atoms with van der Waals surface area (Å²) in [7, 11) is 3.73. The predicted octanol–water partition coefficient (Wildman–Crippen LogP) is 1.71. The number of furan rings is 1. The summed E-state index contributed by atoms with van der Waals surface area (Å²) >= 11 is 0. The number of rotatable bonds is 2. The van der Waals surface area contributed by atoms with Crippen LogP contribution in [0.25, 0.3) is 5.70 Å². The molecule has 3 nitrogen and oxygen atoms in total. The van der Waals surface area contributed by atoms with E-state index in [9.17, 15) is 0 Å². The first-order valence-corrected chi connectivity index (χ1v) is 3.56. The van der Waals surface area contributed by atoms with E-state index in [2.05, 4.69) is 0 Å². The normalized spacial score (nSPS) is 10.9. The minimum atomic E-state index is 0.710. The largest absolute Gasteiger partial charge is 0.463 e. The molecule has 12 heavy (non-hydrogen) atoms. The molecule has 1 rings (SSSR count). The lowest BCUT2D eigenvalue weighted by molar-refractivity contribution is 0.508. The Morgan fingerprint density at radius 1 is 1.67 bits per heavy atom. The van der Waals surface area contributed by atoms with Crippen molar-refractivity contribution in [3.05, 3.63) is 30.2 Å². The van der Waals surface area contributed by atoms with Crippen molar-refractivity contribution in [1.29, 1.82) is 5.26 Å². The molecule has 1 aromatic rings. The molecule has 0 atom stereocenters. The van der Waals surface area contributed by atoms with E-state index in [1.807, 2.05) is 31.1 Å².